The first kappa shape index (κ1) is 17.3. The van der Waals surface area contributed by atoms with E-state index in [1.165, 1.54) is 0 Å². The van der Waals surface area contributed by atoms with E-state index >= 15 is 0 Å². The lowest BCUT2D eigenvalue weighted by Crippen LogP contribution is -2.40. The Balaban J connectivity index is 1.32. The molecule has 26 heavy (non-hydrogen) atoms. The van der Waals surface area contributed by atoms with Crippen LogP contribution in [0.25, 0.3) is 0 Å². The summed E-state index contributed by atoms with van der Waals surface area (Å²) >= 11 is 0. The molecule has 0 radical (unpaired) electrons. The van der Waals surface area contributed by atoms with Crippen molar-refractivity contribution in [3.05, 3.63) is 29.8 Å². The molecule has 140 valence electrons. The van der Waals surface area contributed by atoms with Crippen LogP contribution in [-0.4, -0.2) is 54.3 Å². The Hall–Kier alpha value is -2.08. The van der Waals surface area contributed by atoms with Gasteiger partial charge in [0.15, 0.2) is 0 Å². The third-order valence-corrected chi connectivity index (χ3v) is 6.11. The van der Waals surface area contributed by atoms with E-state index in [0.29, 0.717) is 18.7 Å². The number of likely N-dealkylation sites (tertiary alicyclic amines) is 1. The van der Waals surface area contributed by atoms with Gasteiger partial charge in [-0.2, -0.15) is 0 Å². The fraction of sp³-hybridized carbons (Fsp3) is 0.600. The predicted octanol–water partition coefficient (Wildman–Crippen LogP) is 2.57. The topological polar surface area (TPSA) is 76.1 Å². The summed E-state index contributed by atoms with van der Waals surface area (Å²) in [5.74, 6) is -0.0930. The summed E-state index contributed by atoms with van der Waals surface area (Å²) in [5, 5.41) is 9.17. The number of aliphatic carboxylic acids is 1. The molecule has 4 rings (SSSR count). The van der Waals surface area contributed by atoms with Crippen molar-refractivity contribution in [2.75, 3.05) is 26.3 Å². The van der Waals surface area contributed by atoms with E-state index in [4.69, 9.17) is 14.6 Å². The summed E-state index contributed by atoms with van der Waals surface area (Å²) in [5.41, 5.74) is 0.607. The number of piperidine rings is 1. The molecule has 3 fully saturated rings. The third-order valence-electron chi connectivity index (χ3n) is 6.11. The standard InChI is InChI=1S/C20H25NO5/c22-18(21-9-7-20(8-10-21)13-17(20)19(23)24)14-1-3-15(4-2-14)26-16-5-11-25-12-6-16/h1-4,16-17H,5-13H2,(H,23,24). The largest absolute Gasteiger partial charge is 0.490 e. The smallest absolute Gasteiger partial charge is 0.307 e. The van der Waals surface area contributed by atoms with E-state index in [0.717, 1.165) is 51.1 Å². The van der Waals surface area contributed by atoms with Crippen LogP contribution in [0.3, 0.4) is 0 Å². The van der Waals surface area contributed by atoms with Crippen LogP contribution in [0.15, 0.2) is 24.3 Å². The Labute approximate surface area is 153 Å². The lowest BCUT2D eigenvalue weighted by atomic mass is 9.90. The zero-order valence-electron chi connectivity index (χ0n) is 14.9. The summed E-state index contributed by atoms with van der Waals surface area (Å²) < 4.78 is 11.3. The van der Waals surface area contributed by atoms with Gasteiger partial charge in [0.05, 0.1) is 19.1 Å². The van der Waals surface area contributed by atoms with Crippen LogP contribution in [0.5, 0.6) is 5.75 Å². The summed E-state index contributed by atoms with van der Waals surface area (Å²) in [6, 6.07) is 7.35. The van der Waals surface area contributed by atoms with Gasteiger partial charge in [0, 0.05) is 31.5 Å². The molecule has 6 nitrogen and oxygen atoms in total. The van der Waals surface area contributed by atoms with Crippen LogP contribution in [0.4, 0.5) is 0 Å². The van der Waals surface area contributed by atoms with Crippen molar-refractivity contribution in [3.63, 3.8) is 0 Å². The second-order valence-corrected chi connectivity index (χ2v) is 7.70. The van der Waals surface area contributed by atoms with E-state index in [1.54, 1.807) is 0 Å². The van der Waals surface area contributed by atoms with Crippen molar-refractivity contribution in [2.45, 2.75) is 38.2 Å². The molecule has 3 aliphatic rings. The molecule has 1 aromatic carbocycles. The maximum Gasteiger partial charge on any atom is 0.307 e. The van der Waals surface area contributed by atoms with Gasteiger partial charge in [-0.05, 0) is 48.9 Å². The number of hydrogen-bond acceptors (Lipinski definition) is 4. The number of carbonyl (C=O) groups is 2. The van der Waals surface area contributed by atoms with Gasteiger partial charge in [0.25, 0.3) is 5.91 Å². The third kappa shape index (κ3) is 3.43. The van der Waals surface area contributed by atoms with Crippen molar-refractivity contribution in [1.82, 2.24) is 4.90 Å². The zero-order chi connectivity index (χ0) is 18.1. The summed E-state index contributed by atoms with van der Waals surface area (Å²) in [6.45, 7) is 2.76. The Bertz CT molecular complexity index is 672. The van der Waals surface area contributed by atoms with Gasteiger partial charge >= 0.3 is 5.97 Å². The van der Waals surface area contributed by atoms with Crippen molar-refractivity contribution in [3.8, 4) is 5.75 Å². The highest BCUT2D eigenvalue weighted by atomic mass is 16.5. The minimum atomic E-state index is -0.690. The highest BCUT2D eigenvalue weighted by Gasteiger charge is 2.59. The average Bonchev–Trinajstić information content (AvgIpc) is 3.37. The van der Waals surface area contributed by atoms with Crippen LogP contribution in [0.2, 0.25) is 0 Å². The Morgan fingerprint density at radius 1 is 1.12 bits per heavy atom. The van der Waals surface area contributed by atoms with Gasteiger partial charge in [0.1, 0.15) is 11.9 Å². The molecule has 1 aromatic rings. The number of carbonyl (C=O) groups excluding carboxylic acids is 1. The number of ether oxygens (including phenoxy) is 2. The molecule has 1 N–H and O–H groups in total. The number of amides is 1. The van der Waals surface area contributed by atoms with E-state index < -0.39 is 5.97 Å². The van der Waals surface area contributed by atoms with E-state index in [2.05, 4.69) is 0 Å². The molecule has 1 spiro atoms. The van der Waals surface area contributed by atoms with E-state index in [-0.39, 0.29) is 23.3 Å². The molecule has 2 aliphatic heterocycles. The maximum absolute atomic E-state index is 12.7. The lowest BCUT2D eigenvalue weighted by Gasteiger charge is -2.32. The molecule has 2 heterocycles. The molecule has 1 aliphatic carbocycles. The normalized spacial score (nSPS) is 25.1. The van der Waals surface area contributed by atoms with E-state index in [1.807, 2.05) is 29.2 Å². The predicted molar refractivity (Wildman–Crippen MR) is 94.2 cm³/mol. The molecule has 1 amide bonds. The minimum Gasteiger partial charge on any atom is -0.490 e. The van der Waals surface area contributed by atoms with Crippen LogP contribution in [-0.2, 0) is 9.53 Å². The van der Waals surface area contributed by atoms with Crippen molar-refractivity contribution in [2.24, 2.45) is 11.3 Å². The number of nitrogens with zero attached hydrogens (tertiary/aromatic N) is 1. The fourth-order valence-electron chi connectivity index (χ4n) is 4.25. The summed E-state index contributed by atoms with van der Waals surface area (Å²) in [4.78, 5) is 25.7. The quantitative estimate of drug-likeness (QED) is 0.894. The average molecular weight is 359 g/mol. The Kier molecular flexibility index (Phi) is 4.61. The lowest BCUT2D eigenvalue weighted by molar-refractivity contribution is -0.139. The van der Waals surface area contributed by atoms with Gasteiger partial charge in [-0.15, -0.1) is 0 Å². The van der Waals surface area contributed by atoms with Gasteiger partial charge < -0.3 is 19.5 Å². The van der Waals surface area contributed by atoms with Crippen LogP contribution in [0, 0.1) is 11.3 Å². The number of hydrogen-bond donors (Lipinski definition) is 1. The highest BCUT2D eigenvalue weighted by Crippen LogP contribution is 2.59. The molecular weight excluding hydrogens is 334 g/mol. The van der Waals surface area contributed by atoms with Gasteiger partial charge in [0.2, 0.25) is 0 Å². The van der Waals surface area contributed by atoms with Crippen molar-refractivity contribution in [1.29, 1.82) is 0 Å². The molecular formula is C20H25NO5. The van der Waals surface area contributed by atoms with E-state index in [9.17, 15) is 9.59 Å². The van der Waals surface area contributed by atoms with Gasteiger partial charge in [-0.25, -0.2) is 0 Å². The van der Waals surface area contributed by atoms with Crippen molar-refractivity contribution >= 4 is 11.9 Å². The minimum absolute atomic E-state index is 0.0185. The maximum atomic E-state index is 12.7. The molecule has 0 bridgehead atoms. The summed E-state index contributed by atoms with van der Waals surface area (Å²) in [7, 11) is 0. The molecule has 1 unspecified atom stereocenters. The second kappa shape index (κ2) is 6.91. The molecule has 1 saturated carbocycles. The molecule has 0 aromatic heterocycles. The Morgan fingerprint density at radius 3 is 2.35 bits per heavy atom. The van der Waals surface area contributed by atoms with Crippen molar-refractivity contribution < 1.29 is 24.2 Å². The molecule has 1 atom stereocenters. The highest BCUT2D eigenvalue weighted by molar-refractivity contribution is 5.94. The number of carboxylic acids is 1. The number of benzene rings is 1. The number of rotatable bonds is 4. The molecule has 2 saturated heterocycles. The van der Waals surface area contributed by atoms with Crippen LogP contribution >= 0.6 is 0 Å². The number of carboxylic acid groups (broad SMARTS) is 1. The first-order valence-corrected chi connectivity index (χ1v) is 9.44. The first-order chi connectivity index (χ1) is 12.6. The zero-order valence-corrected chi connectivity index (χ0v) is 14.9. The molecule has 6 heteroatoms. The SMILES string of the molecule is O=C(O)C1CC12CCN(C(=O)c1ccc(OC3CCOCC3)cc1)CC2. The van der Waals surface area contributed by atoms with Gasteiger partial charge in [-0.1, -0.05) is 0 Å². The van der Waals surface area contributed by atoms with Crippen LogP contribution < -0.4 is 4.74 Å². The summed E-state index contributed by atoms with van der Waals surface area (Å²) in [6.07, 6.45) is 4.33. The van der Waals surface area contributed by atoms with Gasteiger partial charge in [-0.3, -0.25) is 9.59 Å². The monoisotopic (exact) mass is 359 g/mol. The van der Waals surface area contributed by atoms with Crippen LogP contribution in [0.1, 0.15) is 42.5 Å². The fourth-order valence-corrected chi connectivity index (χ4v) is 4.25. The second-order valence-electron chi connectivity index (χ2n) is 7.70. The Morgan fingerprint density at radius 2 is 1.77 bits per heavy atom. The first-order valence-electron chi connectivity index (χ1n) is 9.44.